The van der Waals surface area contributed by atoms with Crippen LogP contribution >= 0.6 is 0 Å². The molecule has 0 unspecified atom stereocenters. The van der Waals surface area contributed by atoms with E-state index in [2.05, 4.69) is 10.3 Å². The monoisotopic (exact) mass is 218 g/mol. The summed E-state index contributed by atoms with van der Waals surface area (Å²) >= 11 is 0. The number of aliphatic imine (C=N–C) groups is 1. The van der Waals surface area contributed by atoms with Crippen molar-refractivity contribution in [2.75, 3.05) is 20.2 Å². The molecule has 0 atom stereocenters. The molecule has 0 aromatic heterocycles. The Morgan fingerprint density at radius 1 is 1.50 bits per heavy atom. The fraction of sp³-hybridized carbons (Fsp3) is 0.333. The first kappa shape index (κ1) is 10.7. The number of ether oxygens (including phenoxy) is 1. The Hall–Kier alpha value is -1.84. The number of methoxy groups -OCH3 is 1. The van der Waals surface area contributed by atoms with Crippen LogP contribution in [-0.4, -0.2) is 31.8 Å². The smallest absolute Gasteiger partial charge is 0.174 e. The summed E-state index contributed by atoms with van der Waals surface area (Å²) in [4.78, 5) is 16.2. The number of hydrogen-bond acceptors (Lipinski definition) is 4. The van der Waals surface area contributed by atoms with Crippen LogP contribution in [0.5, 0.6) is 5.75 Å². The van der Waals surface area contributed by atoms with Crippen LogP contribution in [0.15, 0.2) is 29.3 Å². The van der Waals surface area contributed by atoms with E-state index in [-0.39, 0.29) is 5.78 Å². The first-order valence-corrected chi connectivity index (χ1v) is 5.24. The maximum atomic E-state index is 12.0. The van der Waals surface area contributed by atoms with Crippen LogP contribution < -0.4 is 10.1 Å². The van der Waals surface area contributed by atoms with Crippen molar-refractivity contribution >= 4 is 11.6 Å². The fourth-order valence-corrected chi connectivity index (χ4v) is 1.69. The Morgan fingerprint density at radius 3 is 3.00 bits per heavy atom. The van der Waals surface area contributed by atoms with E-state index in [9.17, 15) is 4.79 Å². The van der Waals surface area contributed by atoms with Gasteiger partial charge in [-0.15, -0.1) is 0 Å². The van der Waals surface area contributed by atoms with E-state index in [0.29, 0.717) is 17.7 Å². The maximum absolute atomic E-state index is 12.0. The predicted molar refractivity (Wildman–Crippen MR) is 62.2 cm³/mol. The van der Waals surface area contributed by atoms with Crippen molar-refractivity contribution in [3.8, 4) is 5.75 Å². The highest BCUT2D eigenvalue weighted by Crippen LogP contribution is 2.19. The van der Waals surface area contributed by atoms with Crippen molar-refractivity contribution in [3.05, 3.63) is 29.8 Å². The first-order valence-electron chi connectivity index (χ1n) is 5.24. The van der Waals surface area contributed by atoms with Crippen LogP contribution in [0.2, 0.25) is 0 Å². The predicted octanol–water partition coefficient (Wildman–Crippen LogP) is 1.27. The van der Waals surface area contributed by atoms with E-state index in [4.69, 9.17) is 4.74 Å². The molecule has 1 aromatic rings. The van der Waals surface area contributed by atoms with E-state index in [1.165, 1.54) is 0 Å². The molecule has 1 aliphatic heterocycles. The molecule has 0 bridgehead atoms. The average molecular weight is 218 g/mol. The van der Waals surface area contributed by atoms with Crippen LogP contribution in [0, 0.1) is 0 Å². The van der Waals surface area contributed by atoms with Crippen LogP contribution in [0.3, 0.4) is 0 Å². The van der Waals surface area contributed by atoms with Crippen molar-refractivity contribution in [3.63, 3.8) is 0 Å². The van der Waals surface area contributed by atoms with Gasteiger partial charge in [0.25, 0.3) is 0 Å². The van der Waals surface area contributed by atoms with E-state index >= 15 is 0 Å². The minimum absolute atomic E-state index is 0.0330. The Labute approximate surface area is 94.3 Å². The molecule has 16 heavy (non-hydrogen) atoms. The molecule has 0 spiro atoms. The van der Waals surface area contributed by atoms with E-state index < -0.39 is 0 Å². The Kier molecular flexibility index (Phi) is 3.19. The summed E-state index contributed by atoms with van der Waals surface area (Å²) in [6, 6.07) is 7.24. The van der Waals surface area contributed by atoms with E-state index in [1.807, 2.05) is 12.1 Å². The summed E-state index contributed by atoms with van der Waals surface area (Å²) in [5.41, 5.74) is 0.612. The molecular weight excluding hydrogens is 204 g/mol. The number of carbonyl (C=O) groups excluding carboxylic acids is 1. The third-order valence-electron chi connectivity index (χ3n) is 2.48. The molecular formula is C12H14N2O2. The zero-order chi connectivity index (χ0) is 11.4. The Bertz CT molecular complexity index is 427. The van der Waals surface area contributed by atoms with E-state index in [1.54, 1.807) is 19.2 Å². The molecule has 0 fully saturated rings. The minimum atomic E-state index is 0.0330. The van der Waals surface area contributed by atoms with Crippen molar-refractivity contribution in [1.29, 1.82) is 0 Å². The highest BCUT2D eigenvalue weighted by atomic mass is 16.5. The number of ketones is 1. The number of para-hydroxylation sites is 1. The molecule has 1 aromatic carbocycles. The van der Waals surface area contributed by atoms with Crippen LogP contribution in [0.1, 0.15) is 16.8 Å². The molecule has 84 valence electrons. The van der Waals surface area contributed by atoms with Crippen molar-refractivity contribution in [1.82, 2.24) is 5.32 Å². The number of nitrogens with one attached hydrogen (secondary N) is 1. The highest BCUT2D eigenvalue weighted by molar-refractivity contribution is 6.10. The van der Waals surface area contributed by atoms with Gasteiger partial charge in [-0.1, -0.05) is 12.1 Å². The van der Waals surface area contributed by atoms with Crippen LogP contribution in [0.4, 0.5) is 0 Å². The zero-order valence-corrected chi connectivity index (χ0v) is 9.19. The molecule has 1 aliphatic rings. The summed E-state index contributed by atoms with van der Waals surface area (Å²) in [5, 5.41) is 3.08. The van der Waals surface area contributed by atoms with Gasteiger partial charge in [-0.3, -0.25) is 9.79 Å². The molecule has 0 aliphatic carbocycles. The number of amidine groups is 1. The molecule has 1 heterocycles. The molecule has 0 radical (unpaired) electrons. The second-order valence-corrected chi connectivity index (χ2v) is 3.56. The van der Waals surface area contributed by atoms with Gasteiger partial charge >= 0.3 is 0 Å². The van der Waals surface area contributed by atoms with Crippen molar-refractivity contribution in [2.24, 2.45) is 4.99 Å². The molecule has 4 nitrogen and oxygen atoms in total. The van der Waals surface area contributed by atoms with Crippen molar-refractivity contribution in [2.45, 2.75) is 6.42 Å². The third-order valence-corrected chi connectivity index (χ3v) is 2.48. The lowest BCUT2D eigenvalue weighted by atomic mass is 10.1. The van der Waals surface area contributed by atoms with Gasteiger partial charge in [0.2, 0.25) is 0 Å². The van der Waals surface area contributed by atoms with Gasteiger partial charge in [-0.25, -0.2) is 0 Å². The summed E-state index contributed by atoms with van der Waals surface area (Å²) in [7, 11) is 1.57. The van der Waals surface area contributed by atoms with Gasteiger partial charge in [-0.2, -0.15) is 0 Å². The SMILES string of the molecule is COc1ccccc1C(=O)CC1=NCCN1. The normalized spacial score (nSPS) is 14.2. The number of carbonyl (C=O) groups is 1. The van der Waals surface area contributed by atoms with Gasteiger partial charge in [0.05, 0.1) is 25.6 Å². The summed E-state index contributed by atoms with van der Waals surface area (Å²) in [5.74, 6) is 1.42. The van der Waals surface area contributed by atoms with Crippen LogP contribution in [-0.2, 0) is 0 Å². The zero-order valence-electron chi connectivity index (χ0n) is 9.19. The maximum Gasteiger partial charge on any atom is 0.174 e. The first-order chi connectivity index (χ1) is 7.81. The third kappa shape index (κ3) is 2.21. The Morgan fingerprint density at radius 2 is 2.31 bits per heavy atom. The van der Waals surface area contributed by atoms with Crippen molar-refractivity contribution < 1.29 is 9.53 Å². The van der Waals surface area contributed by atoms with Gasteiger partial charge in [0.1, 0.15) is 11.6 Å². The lowest BCUT2D eigenvalue weighted by Crippen LogP contribution is -2.21. The minimum Gasteiger partial charge on any atom is -0.496 e. The average Bonchev–Trinajstić information content (AvgIpc) is 2.81. The topological polar surface area (TPSA) is 50.7 Å². The largest absolute Gasteiger partial charge is 0.496 e. The second kappa shape index (κ2) is 4.79. The molecule has 0 saturated carbocycles. The lowest BCUT2D eigenvalue weighted by molar-refractivity contribution is 0.0997. The number of nitrogens with zero attached hydrogens (tertiary/aromatic N) is 1. The molecule has 0 amide bonds. The number of benzene rings is 1. The quantitative estimate of drug-likeness (QED) is 0.774. The molecule has 0 saturated heterocycles. The number of hydrogen-bond donors (Lipinski definition) is 1. The lowest BCUT2D eigenvalue weighted by Gasteiger charge is -2.07. The standard InChI is InChI=1S/C12H14N2O2/c1-16-11-5-3-2-4-9(11)10(15)8-12-13-6-7-14-12/h2-5H,6-8H2,1H3,(H,13,14). The molecule has 4 heteroatoms. The summed E-state index contributed by atoms with van der Waals surface area (Å²) in [6.07, 6.45) is 0.320. The van der Waals surface area contributed by atoms with Gasteiger partial charge in [0, 0.05) is 6.54 Å². The van der Waals surface area contributed by atoms with E-state index in [0.717, 1.165) is 18.9 Å². The molecule has 1 N–H and O–H groups in total. The van der Waals surface area contributed by atoms with Crippen LogP contribution in [0.25, 0.3) is 0 Å². The number of rotatable bonds is 4. The second-order valence-electron chi connectivity index (χ2n) is 3.56. The molecule has 2 rings (SSSR count). The van der Waals surface area contributed by atoms with Gasteiger partial charge < -0.3 is 10.1 Å². The summed E-state index contributed by atoms with van der Waals surface area (Å²) in [6.45, 7) is 1.59. The fourth-order valence-electron chi connectivity index (χ4n) is 1.69. The van der Waals surface area contributed by atoms with Gasteiger partial charge in [0.15, 0.2) is 5.78 Å². The highest BCUT2D eigenvalue weighted by Gasteiger charge is 2.15. The Balaban J connectivity index is 2.13. The number of Topliss-reactive ketones (excluding diaryl/α,β-unsaturated/α-hetero) is 1. The van der Waals surface area contributed by atoms with Gasteiger partial charge in [-0.05, 0) is 12.1 Å². The summed E-state index contributed by atoms with van der Waals surface area (Å²) < 4.78 is 5.15.